The lowest BCUT2D eigenvalue weighted by Crippen LogP contribution is -2.41. The average Bonchev–Trinajstić information content (AvgIpc) is 2.92. The van der Waals surface area contributed by atoms with Crippen molar-refractivity contribution in [2.45, 2.75) is 44.3 Å². The molecule has 2 atom stereocenters. The molecule has 1 aromatic rings. The summed E-state index contributed by atoms with van der Waals surface area (Å²) in [6.07, 6.45) is 5.47. The van der Waals surface area contributed by atoms with Crippen molar-refractivity contribution in [1.29, 1.82) is 0 Å². The highest BCUT2D eigenvalue weighted by atomic mass is 32.1. The molecule has 0 saturated carbocycles. The van der Waals surface area contributed by atoms with Crippen molar-refractivity contribution in [3.05, 3.63) is 16.6 Å². The van der Waals surface area contributed by atoms with Gasteiger partial charge in [0.05, 0.1) is 11.2 Å². The lowest BCUT2D eigenvalue weighted by atomic mass is 10.0. The van der Waals surface area contributed by atoms with Crippen LogP contribution in [0.2, 0.25) is 0 Å². The Labute approximate surface area is 107 Å². The third kappa shape index (κ3) is 2.39. The molecule has 0 N–H and O–H groups in total. The Bertz CT molecular complexity index is 352. The second kappa shape index (κ2) is 5.04. The molecular weight excluding hydrogens is 230 g/mol. The van der Waals surface area contributed by atoms with E-state index in [1.54, 1.807) is 11.3 Å². The first-order chi connectivity index (χ1) is 8.34. The van der Waals surface area contributed by atoms with Crippen LogP contribution in [0.25, 0.3) is 0 Å². The van der Waals surface area contributed by atoms with Crippen LogP contribution in [0.3, 0.4) is 0 Å². The number of aromatic nitrogens is 1. The van der Waals surface area contributed by atoms with E-state index in [0.29, 0.717) is 0 Å². The van der Waals surface area contributed by atoms with Crippen molar-refractivity contribution in [3.8, 4) is 0 Å². The summed E-state index contributed by atoms with van der Waals surface area (Å²) in [6, 6.07) is 1.56. The molecule has 0 radical (unpaired) electrons. The van der Waals surface area contributed by atoms with Gasteiger partial charge in [-0.25, -0.2) is 4.98 Å². The molecule has 0 unspecified atom stereocenters. The maximum atomic E-state index is 4.42. The molecule has 0 bridgehead atoms. The fourth-order valence-electron chi connectivity index (χ4n) is 3.39. The molecule has 4 heteroatoms. The summed E-state index contributed by atoms with van der Waals surface area (Å²) in [6.45, 7) is 3.58. The number of likely N-dealkylation sites (N-methyl/N-ethyl adjacent to an activating group) is 1. The van der Waals surface area contributed by atoms with Gasteiger partial charge in [0.15, 0.2) is 0 Å². The number of fused-ring (bicyclic) bond motifs is 1. The van der Waals surface area contributed by atoms with Gasteiger partial charge >= 0.3 is 0 Å². The van der Waals surface area contributed by atoms with Crippen molar-refractivity contribution in [2.24, 2.45) is 0 Å². The van der Waals surface area contributed by atoms with Crippen LogP contribution in [0.5, 0.6) is 0 Å². The van der Waals surface area contributed by atoms with Crippen molar-refractivity contribution in [3.63, 3.8) is 0 Å². The summed E-state index contributed by atoms with van der Waals surface area (Å²) in [5, 5.41) is 2.19. The van der Waals surface area contributed by atoms with Gasteiger partial charge in [0.1, 0.15) is 0 Å². The summed E-state index contributed by atoms with van der Waals surface area (Å²) in [4.78, 5) is 9.66. The second-order valence-electron chi connectivity index (χ2n) is 5.35. The Hall–Kier alpha value is -0.450. The first-order valence-corrected chi connectivity index (χ1v) is 7.60. The van der Waals surface area contributed by atoms with Gasteiger partial charge in [-0.15, -0.1) is 11.3 Å². The highest BCUT2D eigenvalue weighted by Gasteiger charge is 2.37. The van der Waals surface area contributed by atoms with Crippen LogP contribution in [0.1, 0.15) is 31.4 Å². The Morgan fingerprint density at radius 3 is 3.06 bits per heavy atom. The molecule has 2 aliphatic heterocycles. The van der Waals surface area contributed by atoms with Crippen LogP contribution < -0.4 is 0 Å². The molecule has 1 aromatic heterocycles. The van der Waals surface area contributed by atoms with Crippen LogP contribution >= 0.6 is 11.3 Å². The molecule has 2 saturated heterocycles. The molecule has 2 fully saturated rings. The topological polar surface area (TPSA) is 19.4 Å². The minimum absolute atomic E-state index is 0.768. The molecule has 3 rings (SSSR count). The zero-order valence-electron chi connectivity index (χ0n) is 10.5. The second-order valence-corrected chi connectivity index (χ2v) is 6.07. The van der Waals surface area contributed by atoms with Crippen LogP contribution in [-0.2, 0) is 6.54 Å². The largest absolute Gasteiger partial charge is 0.302 e. The smallest absolute Gasteiger partial charge is 0.0795 e. The van der Waals surface area contributed by atoms with Gasteiger partial charge in [0.2, 0.25) is 0 Å². The number of rotatable bonds is 2. The van der Waals surface area contributed by atoms with E-state index >= 15 is 0 Å². The zero-order valence-corrected chi connectivity index (χ0v) is 11.3. The summed E-state index contributed by atoms with van der Waals surface area (Å²) < 4.78 is 0. The first-order valence-electron chi connectivity index (χ1n) is 6.66. The fourth-order valence-corrected chi connectivity index (χ4v) is 3.94. The van der Waals surface area contributed by atoms with Gasteiger partial charge in [-0.2, -0.15) is 0 Å². The normalized spacial score (nSPS) is 31.4. The predicted molar refractivity (Wildman–Crippen MR) is 71.2 cm³/mol. The summed E-state index contributed by atoms with van der Waals surface area (Å²) >= 11 is 1.71. The average molecular weight is 251 g/mol. The molecular formula is C13H21N3S. The molecule has 0 spiro atoms. The number of hydrogen-bond donors (Lipinski definition) is 0. The number of nitrogens with zero attached hydrogens (tertiary/aromatic N) is 3. The SMILES string of the molecule is CN1CCCC[C@@H]2[C@H]1CCN2Cc1cscn1. The van der Waals surface area contributed by atoms with E-state index in [0.717, 1.165) is 18.6 Å². The summed E-state index contributed by atoms with van der Waals surface area (Å²) in [5.74, 6) is 0. The third-order valence-electron chi connectivity index (χ3n) is 4.30. The minimum Gasteiger partial charge on any atom is -0.302 e. The molecule has 3 heterocycles. The van der Waals surface area contributed by atoms with Crippen molar-refractivity contribution < 1.29 is 0 Å². The first kappa shape index (κ1) is 11.6. The number of thiazole rings is 1. The van der Waals surface area contributed by atoms with Crippen LogP contribution in [0.4, 0.5) is 0 Å². The van der Waals surface area contributed by atoms with E-state index in [9.17, 15) is 0 Å². The summed E-state index contributed by atoms with van der Waals surface area (Å²) in [7, 11) is 2.30. The third-order valence-corrected chi connectivity index (χ3v) is 4.94. The van der Waals surface area contributed by atoms with Gasteiger partial charge in [-0.3, -0.25) is 4.90 Å². The Morgan fingerprint density at radius 1 is 1.29 bits per heavy atom. The standard InChI is InChI=1S/C13H21N3S/c1-15-6-3-2-4-13-12(15)5-7-16(13)8-11-9-17-10-14-11/h9-10,12-13H,2-8H2,1H3/t12-,13-/m1/s1. The molecule has 94 valence electrons. The molecule has 0 aliphatic carbocycles. The predicted octanol–water partition coefficient (Wildman–Crippen LogP) is 2.20. The highest BCUT2D eigenvalue weighted by Crippen LogP contribution is 2.30. The highest BCUT2D eigenvalue weighted by molar-refractivity contribution is 7.07. The maximum Gasteiger partial charge on any atom is 0.0795 e. The molecule has 17 heavy (non-hydrogen) atoms. The Kier molecular flexibility index (Phi) is 3.45. The van der Waals surface area contributed by atoms with Crippen LogP contribution in [-0.4, -0.2) is 47.0 Å². The molecule has 0 amide bonds. The van der Waals surface area contributed by atoms with E-state index in [2.05, 4.69) is 27.2 Å². The van der Waals surface area contributed by atoms with Crippen LogP contribution in [0, 0.1) is 0 Å². The molecule has 0 aromatic carbocycles. The monoisotopic (exact) mass is 251 g/mol. The van der Waals surface area contributed by atoms with E-state index in [-0.39, 0.29) is 0 Å². The Morgan fingerprint density at radius 2 is 2.24 bits per heavy atom. The van der Waals surface area contributed by atoms with Gasteiger partial charge in [-0.1, -0.05) is 6.42 Å². The van der Waals surface area contributed by atoms with Crippen molar-refractivity contribution in [1.82, 2.24) is 14.8 Å². The van der Waals surface area contributed by atoms with Gasteiger partial charge in [0.25, 0.3) is 0 Å². The van der Waals surface area contributed by atoms with Gasteiger partial charge in [-0.05, 0) is 32.9 Å². The zero-order chi connectivity index (χ0) is 11.7. The summed E-state index contributed by atoms with van der Waals surface area (Å²) in [5.41, 5.74) is 3.20. The van der Waals surface area contributed by atoms with E-state index in [1.165, 1.54) is 44.5 Å². The molecule has 2 aliphatic rings. The van der Waals surface area contributed by atoms with Gasteiger partial charge in [0, 0.05) is 30.6 Å². The van der Waals surface area contributed by atoms with Gasteiger partial charge < -0.3 is 4.90 Å². The quantitative estimate of drug-likeness (QED) is 0.803. The lowest BCUT2D eigenvalue weighted by molar-refractivity contribution is 0.170. The molecule has 3 nitrogen and oxygen atoms in total. The van der Waals surface area contributed by atoms with Crippen LogP contribution in [0.15, 0.2) is 10.9 Å². The minimum atomic E-state index is 0.768. The van der Waals surface area contributed by atoms with E-state index in [1.807, 2.05) is 5.51 Å². The van der Waals surface area contributed by atoms with Crippen molar-refractivity contribution in [2.75, 3.05) is 20.1 Å². The van der Waals surface area contributed by atoms with E-state index < -0.39 is 0 Å². The fraction of sp³-hybridized carbons (Fsp3) is 0.769. The van der Waals surface area contributed by atoms with Crippen molar-refractivity contribution >= 4 is 11.3 Å². The lowest BCUT2D eigenvalue weighted by Gasteiger charge is -2.30. The Balaban J connectivity index is 1.70. The number of likely N-dealkylation sites (tertiary alicyclic amines) is 2. The van der Waals surface area contributed by atoms with E-state index in [4.69, 9.17) is 0 Å². The number of hydrogen-bond acceptors (Lipinski definition) is 4. The maximum absolute atomic E-state index is 4.42.